The second-order valence-electron chi connectivity index (χ2n) is 6.11. The molecule has 1 aliphatic rings. The van der Waals surface area contributed by atoms with Gasteiger partial charge in [0, 0.05) is 0 Å². The second-order valence-corrected chi connectivity index (χ2v) is 9.90. The van der Waals surface area contributed by atoms with Crippen molar-refractivity contribution in [2.75, 3.05) is 6.61 Å². The van der Waals surface area contributed by atoms with Crippen molar-refractivity contribution in [3.05, 3.63) is 0 Å². The molecule has 20 heavy (non-hydrogen) atoms. The van der Waals surface area contributed by atoms with E-state index in [2.05, 4.69) is 6.92 Å². The van der Waals surface area contributed by atoms with E-state index in [4.69, 9.17) is 14.7 Å². The quantitative estimate of drug-likeness (QED) is 0.490. The molecule has 1 atom stereocenters. The molecular formula is C15H34O4Ti. The summed E-state index contributed by atoms with van der Waals surface area (Å²) in [6.07, 6.45) is 3.67. The number of hydrogen-bond donors (Lipinski definition) is 0. The van der Waals surface area contributed by atoms with E-state index in [1.54, 1.807) is 0 Å². The van der Waals surface area contributed by atoms with Crippen LogP contribution >= 0.6 is 0 Å². The summed E-state index contributed by atoms with van der Waals surface area (Å²) in [6, 6.07) is 0. The Hall–Kier alpha value is 0.554. The van der Waals surface area contributed by atoms with Crippen molar-refractivity contribution in [3.8, 4) is 0 Å². The normalized spacial score (nSPS) is 18.4. The Bertz CT molecular complexity index is 213. The molecule has 0 aliphatic carbocycles. The Labute approximate surface area is 130 Å². The molecule has 0 saturated carbocycles. The molecule has 122 valence electrons. The first kappa shape index (κ1) is 20.6. The molecule has 0 aromatic heterocycles. The third-order valence-corrected chi connectivity index (χ3v) is 6.58. The van der Waals surface area contributed by atoms with Gasteiger partial charge in [0.25, 0.3) is 0 Å². The smallest absolute Gasteiger partial charge is 0.0809 e. The maximum atomic E-state index is 5.80. The second kappa shape index (κ2) is 10.3. The summed E-state index contributed by atoms with van der Waals surface area (Å²) in [6.45, 7) is 15.3. The summed E-state index contributed by atoms with van der Waals surface area (Å²) < 4.78 is 22.4. The molecule has 0 aromatic carbocycles. The summed E-state index contributed by atoms with van der Waals surface area (Å²) in [7, 11) is 0. The molecule has 0 aromatic rings. The van der Waals surface area contributed by atoms with Crippen LogP contribution in [0.3, 0.4) is 0 Å². The van der Waals surface area contributed by atoms with Gasteiger partial charge in [-0.15, -0.1) is 0 Å². The fraction of sp³-hybridized carbons (Fsp3) is 1.00. The first-order valence-corrected chi connectivity index (χ1v) is 11.3. The van der Waals surface area contributed by atoms with E-state index in [1.165, 1.54) is 12.8 Å². The van der Waals surface area contributed by atoms with E-state index in [0.29, 0.717) is 6.10 Å². The van der Waals surface area contributed by atoms with Crippen LogP contribution in [0.4, 0.5) is 0 Å². The molecule has 1 rings (SSSR count). The number of ether oxygens (including phenoxy) is 1. The monoisotopic (exact) mass is 326 g/mol. The molecule has 0 spiro atoms. The molecule has 4 nitrogen and oxygen atoms in total. The van der Waals surface area contributed by atoms with E-state index < -0.39 is 17.8 Å². The molecular weight excluding hydrogens is 292 g/mol. The van der Waals surface area contributed by atoms with Crippen LogP contribution < -0.4 is 0 Å². The topological polar surface area (TPSA) is 40.2 Å². The zero-order valence-corrected chi connectivity index (χ0v) is 16.1. The standard InChI is InChI=1S/C5H10O.3C3H7O.CH3.Ti/c1-2-3-5-4-6-5;3*1-3(2)4;;/h5H,2-4H2,1H3;3*3H,1-2H3;1H3;/q;3*-1;;+3. The molecule has 5 heteroatoms. The van der Waals surface area contributed by atoms with Gasteiger partial charge in [0.1, 0.15) is 0 Å². The number of hydrogen-bond acceptors (Lipinski definition) is 4. The van der Waals surface area contributed by atoms with Crippen LogP contribution in [-0.4, -0.2) is 31.0 Å². The minimum absolute atomic E-state index is 0.164. The Kier molecular flexibility index (Phi) is 10.6. The van der Waals surface area contributed by atoms with Crippen molar-refractivity contribution in [1.82, 2.24) is 0 Å². The Morgan fingerprint density at radius 2 is 1.30 bits per heavy atom. The minimum Gasteiger partial charge on any atom is -0.373 e. The third kappa shape index (κ3) is 12.3. The van der Waals surface area contributed by atoms with Gasteiger partial charge in [-0.3, -0.25) is 0 Å². The predicted molar refractivity (Wildman–Crippen MR) is 79.2 cm³/mol. The molecule has 0 N–H and O–H groups in total. The van der Waals surface area contributed by atoms with Gasteiger partial charge in [0.15, 0.2) is 0 Å². The summed E-state index contributed by atoms with van der Waals surface area (Å²) in [5, 5.41) is 2.00. The van der Waals surface area contributed by atoms with Gasteiger partial charge in [-0.05, 0) is 6.42 Å². The van der Waals surface area contributed by atoms with E-state index in [-0.39, 0.29) is 18.3 Å². The van der Waals surface area contributed by atoms with E-state index >= 15 is 0 Å². The van der Waals surface area contributed by atoms with Gasteiger partial charge in [-0.1, -0.05) is 13.3 Å². The van der Waals surface area contributed by atoms with Crippen LogP contribution in [-0.2, 0) is 32.4 Å². The fourth-order valence-corrected chi connectivity index (χ4v) is 6.20. The van der Waals surface area contributed by atoms with Crippen LogP contribution in [0.2, 0.25) is 5.23 Å². The van der Waals surface area contributed by atoms with Gasteiger partial charge in [0.2, 0.25) is 0 Å². The SMILES string of the molecule is CC(C)[O][Ti]([CH3])([O]C(C)C)[O]C(C)C.CCCC1CO1. The van der Waals surface area contributed by atoms with Crippen LogP contribution in [0.15, 0.2) is 0 Å². The van der Waals surface area contributed by atoms with Crippen molar-refractivity contribution < 1.29 is 32.4 Å². The summed E-state index contributed by atoms with van der Waals surface area (Å²) in [5.74, 6) is 0. The van der Waals surface area contributed by atoms with Crippen molar-refractivity contribution in [1.29, 1.82) is 0 Å². The van der Waals surface area contributed by atoms with Crippen LogP contribution in [0, 0.1) is 0 Å². The minimum atomic E-state index is -2.97. The van der Waals surface area contributed by atoms with Crippen LogP contribution in [0.5, 0.6) is 0 Å². The molecule has 0 amide bonds. The Morgan fingerprint density at radius 3 is 1.45 bits per heavy atom. The Morgan fingerprint density at radius 1 is 0.950 bits per heavy atom. The van der Waals surface area contributed by atoms with Crippen LogP contribution in [0.1, 0.15) is 61.3 Å². The summed E-state index contributed by atoms with van der Waals surface area (Å²) in [5.41, 5.74) is 0. The van der Waals surface area contributed by atoms with Gasteiger partial charge in [0.05, 0.1) is 12.7 Å². The third-order valence-electron chi connectivity index (χ3n) is 2.36. The fourth-order valence-electron chi connectivity index (χ4n) is 1.92. The van der Waals surface area contributed by atoms with Crippen LogP contribution in [0.25, 0.3) is 0 Å². The number of epoxide rings is 1. The van der Waals surface area contributed by atoms with Crippen molar-refractivity contribution >= 4 is 0 Å². The first-order valence-electron chi connectivity index (χ1n) is 7.83. The van der Waals surface area contributed by atoms with E-state index in [9.17, 15) is 0 Å². The summed E-state index contributed by atoms with van der Waals surface area (Å²) >= 11 is -2.97. The average molecular weight is 326 g/mol. The maximum Gasteiger partial charge on any atom is 0.0809 e. The first-order chi connectivity index (χ1) is 9.18. The van der Waals surface area contributed by atoms with E-state index in [1.807, 2.05) is 46.8 Å². The molecule has 1 unspecified atom stereocenters. The molecule has 1 heterocycles. The van der Waals surface area contributed by atoms with E-state index in [0.717, 1.165) is 6.61 Å². The number of rotatable bonds is 8. The van der Waals surface area contributed by atoms with Gasteiger partial charge in [-0.2, -0.15) is 0 Å². The van der Waals surface area contributed by atoms with Gasteiger partial charge >= 0.3 is 92.8 Å². The molecule has 1 saturated heterocycles. The molecule has 0 radical (unpaired) electrons. The Balaban J connectivity index is 0.000000493. The zero-order valence-electron chi connectivity index (χ0n) is 14.6. The molecule has 1 fully saturated rings. The van der Waals surface area contributed by atoms with Crippen molar-refractivity contribution in [2.45, 2.75) is 91.0 Å². The predicted octanol–water partition coefficient (Wildman–Crippen LogP) is 4.39. The van der Waals surface area contributed by atoms with Crippen molar-refractivity contribution in [2.24, 2.45) is 0 Å². The molecule has 0 bridgehead atoms. The zero-order chi connectivity index (χ0) is 15.8. The van der Waals surface area contributed by atoms with Gasteiger partial charge in [-0.25, -0.2) is 0 Å². The average Bonchev–Trinajstić information content (AvgIpc) is 2.97. The van der Waals surface area contributed by atoms with Gasteiger partial charge < -0.3 is 4.74 Å². The maximum absolute atomic E-state index is 5.80. The summed E-state index contributed by atoms with van der Waals surface area (Å²) in [4.78, 5) is 0. The largest absolute Gasteiger partial charge is 0.373 e. The van der Waals surface area contributed by atoms with Crippen molar-refractivity contribution in [3.63, 3.8) is 0 Å². The molecule has 1 aliphatic heterocycles.